The van der Waals surface area contributed by atoms with E-state index in [-0.39, 0.29) is 12.5 Å². The summed E-state index contributed by atoms with van der Waals surface area (Å²) in [6.45, 7) is 3.04. The third kappa shape index (κ3) is 4.15. The van der Waals surface area contributed by atoms with Crippen molar-refractivity contribution in [1.29, 1.82) is 0 Å². The normalized spacial score (nSPS) is 15.1. The van der Waals surface area contributed by atoms with Crippen LogP contribution in [0.4, 0.5) is 5.82 Å². The first-order valence-corrected chi connectivity index (χ1v) is 7.66. The number of nitrogens with zero attached hydrogens (tertiary/aromatic N) is 5. The van der Waals surface area contributed by atoms with Crippen LogP contribution in [0.25, 0.3) is 0 Å². The number of anilines is 1. The summed E-state index contributed by atoms with van der Waals surface area (Å²) < 4.78 is 5.48. The van der Waals surface area contributed by atoms with Gasteiger partial charge in [0.2, 0.25) is 0 Å². The molecule has 120 valence electrons. The Morgan fingerprint density at radius 1 is 1.13 bits per heavy atom. The number of pyridine rings is 1. The Morgan fingerprint density at radius 2 is 2.04 bits per heavy atom. The number of rotatable bonds is 4. The molecule has 0 N–H and O–H groups in total. The van der Waals surface area contributed by atoms with Crippen molar-refractivity contribution in [2.75, 3.05) is 37.7 Å². The van der Waals surface area contributed by atoms with Gasteiger partial charge in [-0.2, -0.15) is 5.10 Å². The van der Waals surface area contributed by atoms with Crippen molar-refractivity contribution in [2.45, 2.75) is 6.42 Å². The van der Waals surface area contributed by atoms with Crippen LogP contribution in [0.3, 0.4) is 0 Å². The second-order valence-electron chi connectivity index (χ2n) is 5.28. The summed E-state index contributed by atoms with van der Waals surface area (Å²) in [5, 5.41) is 8.04. The van der Waals surface area contributed by atoms with Crippen LogP contribution < -0.4 is 9.64 Å². The highest BCUT2D eigenvalue weighted by molar-refractivity contribution is 5.77. The lowest BCUT2D eigenvalue weighted by Crippen LogP contribution is -2.38. The largest absolute Gasteiger partial charge is 0.482 e. The first kappa shape index (κ1) is 15.2. The highest BCUT2D eigenvalue weighted by atomic mass is 16.5. The smallest absolute Gasteiger partial charge is 0.260 e. The third-order valence-electron chi connectivity index (χ3n) is 3.73. The highest BCUT2D eigenvalue weighted by Gasteiger charge is 2.20. The van der Waals surface area contributed by atoms with Gasteiger partial charge in [-0.3, -0.25) is 9.78 Å². The van der Waals surface area contributed by atoms with Gasteiger partial charge in [-0.05, 0) is 30.7 Å². The van der Waals surface area contributed by atoms with E-state index >= 15 is 0 Å². The van der Waals surface area contributed by atoms with Crippen molar-refractivity contribution in [3.8, 4) is 5.75 Å². The van der Waals surface area contributed by atoms with Gasteiger partial charge in [0.15, 0.2) is 12.4 Å². The topological polar surface area (TPSA) is 71.5 Å². The maximum atomic E-state index is 12.3. The maximum absolute atomic E-state index is 12.3. The van der Waals surface area contributed by atoms with Crippen molar-refractivity contribution in [3.63, 3.8) is 0 Å². The molecule has 0 aromatic carbocycles. The molecule has 3 heterocycles. The van der Waals surface area contributed by atoms with Crippen LogP contribution in [0, 0.1) is 0 Å². The molecule has 0 spiro atoms. The Balaban J connectivity index is 1.52. The lowest BCUT2D eigenvalue weighted by atomic mass is 10.3. The summed E-state index contributed by atoms with van der Waals surface area (Å²) in [6, 6.07) is 7.39. The first-order valence-electron chi connectivity index (χ1n) is 7.66. The van der Waals surface area contributed by atoms with Crippen molar-refractivity contribution in [3.05, 3.63) is 42.9 Å². The van der Waals surface area contributed by atoms with E-state index in [1.54, 1.807) is 30.7 Å². The predicted molar refractivity (Wildman–Crippen MR) is 85.2 cm³/mol. The van der Waals surface area contributed by atoms with Crippen molar-refractivity contribution >= 4 is 11.7 Å². The minimum Gasteiger partial charge on any atom is -0.482 e. The van der Waals surface area contributed by atoms with Gasteiger partial charge >= 0.3 is 0 Å². The van der Waals surface area contributed by atoms with Crippen molar-refractivity contribution in [2.24, 2.45) is 0 Å². The Morgan fingerprint density at radius 3 is 2.83 bits per heavy atom. The fraction of sp³-hybridized carbons (Fsp3) is 0.375. The molecule has 1 aliphatic rings. The number of amides is 1. The number of aromatic nitrogens is 3. The molecule has 0 bridgehead atoms. The van der Waals surface area contributed by atoms with Crippen LogP contribution in [0.5, 0.6) is 5.75 Å². The van der Waals surface area contributed by atoms with Crippen molar-refractivity contribution < 1.29 is 9.53 Å². The monoisotopic (exact) mass is 313 g/mol. The summed E-state index contributed by atoms with van der Waals surface area (Å²) >= 11 is 0. The second-order valence-corrected chi connectivity index (χ2v) is 5.28. The SMILES string of the molecule is O=C(COc1cccnc1)N1CCCN(c2cccnn2)CC1. The highest BCUT2D eigenvalue weighted by Crippen LogP contribution is 2.12. The molecule has 0 atom stereocenters. The van der Waals surface area contributed by atoms with E-state index in [9.17, 15) is 4.79 Å². The molecule has 0 saturated carbocycles. The van der Waals surface area contributed by atoms with Crippen LogP contribution in [0.2, 0.25) is 0 Å². The summed E-state index contributed by atoms with van der Waals surface area (Å²) in [6.07, 6.45) is 5.83. The number of carbonyl (C=O) groups excluding carboxylic acids is 1. The Hall–Kier alpha value is -2.70. The lowest BCUT2D eigenvalue weighted by molar-refractivity contribution is -0.133. The van der Waals surface area contributed by atoms with Crippen LogP contribution in [0.1, 0.15) is 6.42 Å². The number of hydrogen-bond acceptors (Lipinski definition) is 6. The molecule has 1 fully saturated rings. The minimum absolute atomic E-state index is 0.00477. The first-order chi connectivity index (χ1) is 11.3. The van der Waals surface area contributed by atoms with Gasteiger partial charge in [-0.25, -0.2) is 0 Å². The van der Waals surface area contributed by atoms with Crippen LogP contribution in [-0.4, -0.2) is 58.8 Å². The van der Waals surface area contributed by atoms with E-state index in [2.05, 4.69) is 20.1 Å². The summed E-state index contributed by atoms with van der Waals surface area (Å²) in [7, 11) is 0. The zero-order chi connectivity index (χ0) is 15.9. The molecular formula is C16H19N5O2. The van der Waals surface area contributed by atoms with Crippen LogP contribution >= 0.6 is 0 Å². The van der Waals surface area contributed by atoms with Crippen molar-refractivity contribution in [1.82, 2.24) is 20.1 Å². The van der Waals surface area contributed by atoms with E-state index in [4.69, 9.17) is 4.74 Å². The number of carbonyl (C=O) groups is 1. The molecule has 7 nitrogen and oxygen atoms in total. The molecule has 3 rings (SSSR count). The molecule has 0 unspecified atom stereocenters. The van der Waals surface area contributed by atoms with Gasteiger partial charge < -0.3 is 14.5 Å². The Labute approximate surface area is 134 Å². The third-order valence-corrected chi connectivity index (χ3v) is 3.73. The average molecular weight is 313 g/mol. The van der Waals surface area contributed by atoms with E-state index in [0.717, 1.165) is 31.9 Å². The van der Waals surface area contributed by atoms with Gasteiger partial charge in [-0.1, -0.05) is 0 Å². The van der Waals surface area contributed by atoms with E-state index < -0.39 is 0 Å². The molecule has 7 heteroatoms. The summed E-state index contributed by atoms with van der Waals surface area (Å²) in [5.74, 6) is 1.46. The fourth-order valence-corrected chi connectivity index (χ4v) is 2.53. The maximum Gasteiger partial charge on any atom is 0.260 e. The fourth-order valence-electron chi connectivity index (χ4n) is 2.53. The molecule has 1 aliphatic heterocycles. The van der Waals surface area contributed by atoms with Crippen LogP contribution in [0.15, 0.2) is 42.9 Å². The zero-order valence-electron chi connectivity index (χ0n) is 12.8. The molecule has 2 aromatic heterocycles. The molecule has 23 heavy (non-hydrogen) atoms. The second kappa shape index (κ2) is 7.53. The quantitative estimate of drug-likeness (QED) is 0.838. The Bertz CT molecular complexity index is 623. The molecule has 0 radical (unpaired) electrons. The van der Waals surface area contributed by atoms with Gasteiger partial charge in [0.05, 0.1) is 6.20 Å². The van der Waals surface area contributed by atoms with Gasteiger partial charge in [0, 0.05) is 38.6 Å². The number of ether oxygens (including phenoxy) is 1. The Kier molecular flexibility index (Phi) is 4.98. The summed E-state index contributed by atoms with van der Waals surface area (Å²) in [4.78, 5) is 20.3. The zero-order valence-corrected chi connectivity index (χ0v) is 12.8. The molecule has 1 amide bonds. The lowest BCUT2D eigenvalue weighted by Gasteiger charge is -2.22. The summed E-state index contributed by atoms with van der Waals surface area (Å²) in [5.41, 5.74) is 0. The molecule has 0 aliphatic carbocycles. The minimum atomic E-state index is -0.00477. The van der Waals surface area contributed by atoms with E-state index in [1.165, 1.54) is 0 Å². The standard InChI is InChI=1S/C16H19N5O2/c22-16(13-23-14-4-1-6-17-12-14)21-9-3-8-20(10-11-21)15-5-2-7-18-19-15/h1-2,4-7,12H,3,8-11,13H2. The number of hydrogen-bond donors (Lipinski definition) is 0. The van der Waals surface area contributed by atoms with Gasteiger partial charge in [0.1, 0.15) is 5.75 Å². The van der Waals surface area contributed by atoms with E-state index in [1.807, 2.05) is 17.0 Å². The van der Waals surface area contributed by atoms with E-state index in [0.29, 0.717) is 12.3 Å². The average Bonchev–Trinajstić information content (AvgIpc) is 2.87. The van der Waals surface area contributed by atoms with Gasteiger partial charge in [-0.15, -0.1) is 5.10 Å². The predicted octanol–water partition coefficient (Wildman–Crippen LogP) is 0.989. The molecule has 1 saturated heterocycles. The molecule has 2 aromatic rings. The molecular weight excluding hydrogens is 294 g/mol. The van der Waals surface area contributed by atoms with Gasteiger partial charge in [0.25, 0.3) is 5.91 Å². The van der Waals surface area contributed by atoms with Crippen LogP contribution in [-0.2, 0) is 4.79 Å².